The zero-order chi connectivity index (χ0) is 12.4. The molecule has 0 atom stereocenters. The smallest absolute Gasteiger partial charge is 0.126 e. The molecule has 3 nitrogen and oxygen atoms in total. The topological polar surface area (TPSA) is 37.8 Å². The van der Waals surface area contributed by atoms with Gasteiger partial charge < -0.3 is 5.32 Å². The monoisotopic (exact) mass is 239 g/mol. The van der Waals surface area contributed by atoms with Gasteiger partial charge in [-0.15, -0.1) is 0 Å². The first-order valence-electron chi connectivity index (χ1n) is 6.45. The third-order valence-corrected chi connectivity index (χ3v) is 3.37. The highest BCUT2D eigenvalue weighted by Crippen LogP contribution is 2.21. The lowest BCUT2D eigenvalue weighted by molar-refractivity contribution is 0.899. The van der Waals surface area contributed by atoms with Crippen LogP contribution in [0.1, 0.15) is 28.9 Å². The molecule has 3 rings (SSSR count). The van der Waals surface area contributed by atoms with Crippen LogP contribution in [0.4, 0.5) is 5.82 Å². The van der Waals surface area contributed by atoms with Crippen LogP contribution in [-0.4, -0.2) is 9.97 Å². The van der Waals surface area contributed by atoms with Crippen molar-refractivity contribution in [3.8, 4) is 0 Å². The molecule has 0 amide bonds. The van der Waals surface area contributed by atoms with Gasteiger partial charge in [-0.25, -0.2) is 4.98 Å². The molecule has 3 heteroatoms. The Labute approximate surface area is 107 Å². The largest absolute Gasteiger partial charge is 0.366 e. The number of rotatable bonds is 3. The van der Waals surface area contributed by atoms with Crippen LogP contribution in [0.25, 0.3) is 0 Å². The maximum atomic E-state index is 4.65. The van der Waals surface area contributed by atoms with Crippen molar-refractivity contribution >= 4 is 5.82 Å². The van der Waals surface area contributed by atoms with E-state index in [0.29, 0.717) is 0 Å². The first kappa shape index (κ1) is 11.2. The maximum absolute atomic E-state index is 4.65. The van der Waals surface area contributed by atoms with E-state index >= 15 is 0 Å². The Bertz CT molecular complexity index is 546. The van der Waals surface area contributed by atoms with Gasteiger partial charge in [-0.3, -0.25) is 4.98 Å². The summed E-state index contributed by atoms with van der Waals surface area (Å²) in [5.74, 6) is 0.969. The summed E-state index contributed by atoms with van der Waals surface area (Å²) in [6.07, 6.45) is 5.46. The molecule has 0 aliphatic heterocycles. The lowest BCUT2D eigenvalue weighted by Gasteiger charge is -2.07. The van der Waals surface area contributed by atoms with Crippen LogP contribution in [0.15, 0.2) is 30.5 Å². The summed E-state index contributed by atoms with van der Waals surface area (Å²) in [6.45, 7) is 2.78. The molecule has 1 aliphatic carbocycles. The molecule has 0 radical (unpaired) electrons. The van der Waals surface area contributed by atoms with Crippen molar-refractivity contribution in [2.45, 2.75) is 32.7 Å². The van der Waals surface area contributed by atoms with Gasteiger partial charge in [-0.05, 0) is 49.4 Å². The second-order valence-electron chi connectivity index (χ2n) is 4.82. The molecule has 0 saturated carbocycles. The molecule has 0 aromatic carbocycles. The van der Waals surface area contributed by atoms with E-state index in [1.165, 1.54) is 29.7 Å². The van der Waals surface area contributed by atoms with Crippen molar-refractivity contribution < 1.29 is 0 Å². The highest BCUT2D eigenvalue weighted by molar-refractivity contribution is 5.41. The number of pyridine rings is 2. The Morgan fingerprint density at radius 2 is 2.11 bits per heavy atom. The molecule has 92 valence electrons. The van der Waals surface area contributed by atoms with Gasteiger partial charge in [0.2, 0.25) is 0 Å². The van der Waals surface area contributed by atoms with Crippen molar-refractivity contribution in [3.63, 3.8) is 0 Å². The van der Waals surface area contributed by atoms with Crippen LogP contribution in [0.3, 0.4) is 0 Å². The molecule has 0 bridgehead atoms. The minimum Gasteiger partial charge on any atom is -0.366 e. The van der Waals surface area contributed by atoms with Gasteiger partial charge in [0.1, 0.15) is 5.82 Å². The van der Waals surface area contributed by atoms with Crippen molar-refractivity contribution in [1.82, 2.24) is 9.97 Å². The summed E-state index contributed by atoms with van der Waals surface area (Å²) in [5, 5.41) is 3.36. The lowest BCUT2D eigenvalue weighted by atomic mass is 10.2. The van der Waals surface area contributed by atoms with Crippen molar-refractivity contribution in [1.29, 1.82) is 0 Å². The van der Waals surface area contributed by atoms with Crippen LogP contribution < -0.4 is 5.32 Å². The first-order chi connectivity index (χ1) is 8.81. The molecule has 0 fully saturated rings. The fraction of sp³-hybridized carbons (Fsp3) is 0.333. The maximum Gasteiger partial charge on any atom is 0.126 e. The van der Waals surface area contributed by atoms with Crippen LogP contribution in [-0.2, 0) is 19.4 Å². The van der Waals surface area contributed by atoms with E-state index in [1.807, 2.05) is 19.2 Å². The summed E-state index contributed by atoms with van der Waals surface area (Å²) >= 11 is 0. The van der Waals surface area contributed by atoms with Crippen molar-refractivity contribution in [2.75, 3.05) is 5.32 Å². The Balaban J connectivity index is 1.68. The van der Waals surface area contributed by atoms with E-state index in [4.69, 9.17) is 0 Å². The molecule has 0 unspecified atom stereocenters. The van der Waals surface area contributed by atoms with Crippen LogP contribution >= 0.6 is 0 Å². The van der Waals surface area contributed by atoms with Gasteiger partial charge in [-0.2, -0.15) is 0 Å². The number of anilines is 1. The summed E-state index contributed by atoms with van der Waals surface area (Å²) < 4.78 is 0. The number of hydrogen-bond acceptors (Lipinski definition) is 3. The van der Waals surface area contributed by atoms with Crippen LogP contribution in [0, 0.1) is 6.92 Å². The molecule has 1 aliphatic rings. The van der Waals surface area contributed by atoms with Gasteiger partial charge in [0.05, 0.1) is 0 Å². The van der Waals surface area contributed by atoms with Crippen LogP contribution in [0.5, 0.6) is 0 Å². The van der Waals surface area contributed by atoms with E-state index in [2.05, 4.69) is 33.5 Å². The fourth-order valence-electron chi connectivity index (χ4n) is 2.31. The van der Waals surface area contributed by atoms with Gasteiger partial charge in [0.15, 0.2) is 0 Å². The average Bonchev–Trinajstić information content (AvgIpc) is 2.85. The van der Waals surface area contributed by atoms with E-state index in [9.17, 15) is 0 Å². The predicted molar refractivity (Wildman–Crippen MR) is 72.6 cm³/mol. The fourth-order valence-corrected chi connectivity index (χ4v) is 2.31. The quantitative estimate of drug-likeness (QED) is 0.895. The Morgan fingerprint density at radius 3 is 2.94 bits per heavy atom. The summed E-state index contributed by atoms with van der Waals surface area (Å²) in [5.41, 5.74) is 4.91. The van der Waals surface area contributed by atoms with Crippen molar-refractivity contribution in [2.24, 2.45) is 0 Å². The molecule has 18 heavy (non-hydrogen) atoms. The number of aryl methyl sites for hydroxylation is 3. The van der Waals surface area contributed by atoms with Crippen LogP contribution in [0.2, 0.25) is 0 Å². The SMILES string of the molecule is Cc1ccc(CNc2ccc3c(n2)CCC3)cn1. The Morgan fingerprint density at radius 1 is 1.17 bits per heavy atom. The first-order valence-corrected chi connectivity index (χ1v) is 6.45. The summed E-state index contributed by atoms with van der Waals surface area (Å²) in [4.78, 5) is 8.94. The minimum atomic E-state index is 0.777. The number of nitrogens with zero attached hydrogens (tertiary/aromatic N) is 2. The van der Waals surface area contributed by atoms with Crippen molar-refractivity contribution in [3.05, 3.63) is 53.0 Å². The zero-order valence-corrected chi connectivity index (χ0v) is 10.6. The van der Waals surface area contributed by atoms with Gasteiger partial charge in [-0.1, -0.05) is 12.1 Å². The van der Waals surface area contributed by atoms with E-state index in [0.717, 1.165) is 24.5 Å². The second-order valence-corrected chi connectivity index (χ2v) is 4.82. The zero-order valence-electron chi connectivity index (χ0n) is 10.6. The molecule has 2 aromatic heterocycles. The second kappa shape index (κ2) is 4.77. The van der Waals surface area contributed by atoms with E-state index < -0.39 is 0 Å². The lowest BCUT2D eigenvalue weighted by Crippen LogP contribution is -2.03. The minimum absolute atomic E-state index is 0.777. The Hall–Kier alpha value is -1.90. The van der Waals surface area contributed by atoms with Gasteiger partial charge in [0, 0.05) is 24.1 Å². The third kappa shape index (κ3) is 2.35. The van der Waals surface area contributed by atoms with Gasteiger partial charge in [0.25, 0.3) is 0 Å². The molecular formula is C15H17N3. The number of fused-ring (bicyclic) bond motifs is 1. The third-order valence-electron chi connectivity index (χ3n) is 3.37. The molecule has 2 aromatic rings. The normalized spacial score (nSPS) is 13.4. The molecule has 1 N–H and O–H groups in total. The summed E-state index contributed by atoms with van der Waals surface area (Å²) in [7, 11) is 0. The highest BCUT2D eigenvalue weighted by atomic mass is 15.0. The molecule has 0 saturated heterocycles. The molecule has 0 spiro atoms. The number of nitrogens with one attached hydrogen (secondary N) is 1. The van der Waals surface area contributed by atoms with E-state index in [-0.39, 0.29) is 0 Å². The predicted octanol–water partition coefficient (Wildman–Crippen LogP) is 2.89. The van der Waals surface area contributed by atoms with E-state index in [1.54, 1.807) is 0 Å². The Kier molecular flexibility index (Phi) is 2.97. The molecular weight excluding hydrogens is 222 g/mol. The highest BCUT2D eigenvalue weighted by Gasteiger charge is 2.12. The average molecular weight is 239 g/mol. The number of hydrogen-bond donors (Lipinski definition) is 1. The molecule has 2 heterocycles. The standard InChI is InChI=1S/C15H17N3/c1-11-5-6-12(9-16-11)10-17-15-8-7-13-3-2-4-14(13)18-15/h5-9H,2-4,10H2,1H3,(H,17,18). The van der Waals surface area contributed by atoms with Gasteiger partial charge >= 0.3 is 0 Å². The summed E-state index contributed by atoms with van der Waals surface area (Å²) in [6, 6.07) is 8.41. The number of aromatic nitrogens is 2.